The molecule has 3 amide bonds. The predicted molar refractivity (Wildman–Crippen MR) is 309 cm³/mol. The maximum absolute atomic E-state index is 15.2. The molecular formula is C58H88N6O16S2. The number of anilines is 1. The highest BCUT2D eigenvalue weighted by molar-refractivity contribution is 7.85. The number of rotatable bonds is 14. The summed E-state index contributed by atoms with van der Waals surface area (Å²) < 4.78 is 85.2. The van der Waals surface area contributed by atoms with E-state index in [4.69, 9.17) is 18.9 Å². The Bertz CT molecular complexity index is 2790. The van der Waals surface area contributed by atoms with Gasteiger partial charge in [0.15, 0.2) is 6.10 Å². The number of benzene rings is 2. The number of likely N-dealkylation sites (N-methyl/N-ethyl adjacent to an activating group) is 4. The quantitative estimate of drug-likeness (QED) is 0.0904. The Morgan fingerprint density at radius 1 is 0.585 bits per heavy atom. The molecule has 0 saturated carbocycles. The summed E-state index contributed by atoms with van der Waals surface area (Å²) in [5.41, 5.74) is 1.12. The first-order valence-corrected chi connectivity index (χ1v) is 30.6. The predicted octanol–water partition coefficient (Wildman–Crippen LogP) is 4.38. The van der Waals surface area contributed by atoms with Gasteiger partial charge in [-0.15, -0.1) is 0 Å². The standard InChI is InChI=1S/C58H88N6O16S2/c1-35(2)28-46-55(68)79-50(32-42-16-22-45(23-17-42)82(74,75)76)53(66)61(14)48(30-37(5)6)57(70)77-40(10)34-60(13)47(29-36(3)4)56(69)80-51(54(67)62(15)49(31-38(7)8)58(71)78-39(9)33-59(46)12)52(81(72)73)43-18-20-44(21-19-43)64-26-24-63(25-27-64)41(11)65/h16-23,35-40,46-51H,24-34H2,1-15H3,(H,74,75,76). The lowest BCUT2D eigenvalue weighted by molar-refractivity contribution is -0.170. The molecule has 2 aliphatic heterocycles. The van der Waals surface area contributed by atoms with Gasteiger partial charge in [0, 0.05) is 72.4 Å². The number of piperazine rings is 1. The first-order chi connectivity index (χ1) is 38.2. The molecule has 0 aromatic heterocycles. The zero-order valence-corrected chi connectivity index (χ0v) is 52.0. The van der Waals surface area contributed by atoms with E-state index in [0.29, 0.717) is 31.7 Å². The van der Waals surface area contributed by atoms with E-state index in [-0.39, 0.29) is 80.3 Å². The van der Waals surface area contributed by atoms with Crippen molar-refractivity contribution in [2.24, 2.45) is 23.7 Å². The summed E-state index contributed by atoms with van der Waals surface area (Å²) in [6, 6.07) is 6.61. The fourth-order valence-corrected chi connectivity index (χ4v) is 11.3. The third-order valence-electron chi connectivity index (χ3n) is 14.6. The minimum atomic E-state index is -4.57. The van der Waals surface area contributed by atoms with Gasteiger partial charge in [-0.2, -0.15) is 16.8 Å². The van der Waals surface area contributed by atoms with Gasteiger partial charge in [-0.3, -0.25) is 38.3 Å². The molecule has 2 aliphatic rings. The Morgan fingerprint density at radius 3 is 1.39 bits per heavy atom. The molecular weight excluding hydrogens is 1100 g/mol. The SMILES string of the molecule is CC(=O)N1CCN(c2ccc(C(C3OC(=O)C(CC(C)C)N(C)CC(C)OC(=O)C(CC(C)C)N(C)C(=O)C(Cc4ccc(S(=O)(=O)O)cc4)OC(=O)C(CC(C)C)N(C)CC(C)OC(=O)C(CC(C)C)N(C)C3=O)=S(=O)=O)cc2)CC1. The summed E-state index contributed by atoms with van der Waals surface area (Å²) in [6.45, 7) is 21.3. The Kier molecular flexibility index (Phi) is 25.5. The van der Waals surface area contributed by atoms with Crippen LogP contribution in [0.25, 0.3) is 0 Å². The van der Waals surface area contributed by atoms with Crippen LogP contribution in [-0.4, -0.2) is 208 Å². The van der Waals surface area contributed by atoms with Crippen LogP contribution in [0.4, 0.5) is 5.69 Å². The summed E-state index contributed by atoms with van der Waals surface area (Å²) in [6.07, 6.45) is -5.41. The molecule has 0 spiro atoms. The van der Waals surface area contributed by atoms with Crippen LogP contribution in [-0.2, 0) is 79.3 Å². The molecule has 22 nitrogen and oxygen atoms in total. The molecule has 458 valence electrons. The van der Waals surface area contributed by atoms with Crippen molar-refractivity contribution in [3.8, 4) is 0 Å². The Hall–Kier alpha value is -5.95. The minimum Gasteiger partial charge on any atom is -0.460 e. The van der Waals surface area contributed by atoms with E-state index in [1.807, 2.05) is 60.3 Å². The topological polar surface area (TPSA) is 264 Å². The van der Waals surface area contributed by atoms with Crippen LogP contribution < -0.4 is 4.90 Å². The van der Waals surface area contributed by atoms with Gasteiger partial charge in [0.05, 0.1) is 4.90 Å². The van der Waals surface area contributed by atoms with Gasteiger partial charge in [0.1, 0.15) is 41.2 Å². The van der Waals surface area contributed by atoms with E-state index < -0.39 is 114 Å². The van der Waals surface area contributed by atoms with E-state index in [9.17, 15) is 50.2 Å². The largest absolute Gasteiger partial charge is 0.460 e. The number of nitrogens with zero attached hydrogens (tertiary/aromatic N) is 6. The third kappa shape index (κ3) is 19.6. The lowest BCUT2D eigenvalue weighted by atomic mass is 10.00. The number of carbonyl (C=O) groups is 7. The number of hydrogen-bond donors (Lipinski definition) is 1. The number of amides is 3. The molecule has 1 N–H and O–H groups in total. The third-order valence-corrected chi connectivity index (χ3v) is 16.3. The Labute approximate surface area is 486 Å². The monoisotopic (exact) mass is 1190 g/mol. The fourth-order valence-electron chi connectivity index (χ4n) is 10.2. The van der Waals surface area contributed by atoms with Crippen LogP contribution in [0.15, 0.2) is 53.4 Å². The van der Waals surface area contributed by atoms with Crippen molar-refractivity contribution in [2.45, 2.75) is 162 Å². The lowest BCUT2D eigenvalue weighted by Crippen LogP contribution is -2.54. The van der Waals surface area contributed by atoms with Crippen molar-refractivity contribution < 1.29 is 73.9 Å². The maximum atomic E-state index is 15.2. The molecule has 4 rings (SSSR count). The first-order valence-electron chi connectivity index (χ1n) is 28.1. The molecule has 24 heteroatoms. The van der Waals surface area contributed by atoms with Crippen LogP contribution >= 0.6 is 0 Å². The highest BCUT2D eigenvalue weighted by atomic mass is 32.2. The number of cyclic esters (lactones) is 4. The van der Waals surface area contributed by atoms with Gasteiger partial charge in [-0.25, -0.2) is 9.59 Å². The van der Waals surface area contributed by atoms with Gasteiger partial charge < -0.3 is 38.5 Å². The molecule has 2 fully saturated rings. The molecule has 0 bridgehead atoms. The lowest BCUT2D eigenvalue weighted by Gasteiger charge is -2.36. The second-order valence-corrected chi connectivity index (χ2v) is 25.9. The highest BCUT2D eigenvalue weighted by Crippen LogP contribution is 2.26. The molecule has 0 aliphatic carbocycles. The molecule has 2 saturated heterocycles. The number of esters is 4. The average molecular weight is 1190 g/mol. The van der Waals surface area contributed by atoms with E-state index in [1.165, 1.54) is 45.3 Å². The van der Waals surface area contributed by atoms with Crippen LogP contribution in [0.3, 0.4) is 0 Å². The van der Waals surface area contributed by atoms with Crippen molar-refractivity contribution in [1.82, 2.24) is 24.5 Å². The van der Waals surface area contributed by atoms with Gasteiger partial charge in [-0.1, -0.05) is 79.7 Å². The molecule has 0 radical (unpaired) electrons. The second-order valence-electron chi connectivity index (χ2n) is 23.6. The minimum absolute atomic E-state index is 0.0315. The Morgan fingerprint density at radius 2 is 0.988 bits per heavy atom. The summed E-state index contributed by atoms with van der Waals surface area (Å²) >= 11 is 0. The van der Waals surface area contributed by atoms with E-state index in [0.717, 1.165) is 27.6 Å². The summed E-state index contributed by atoms with van der Waals surface area (Å²) in [7, 11) is -1.89. The van der Waals surface area contributed by atoms with Crippen LogP contribution in [0, 0.1) is 23.7 Å². The fraction of sp³-hybridized carbons (Fsp3) is 0.655. The van der Waals surface area contributed by atoms with Crippen molar-refractivity contribution in [3.63, 3.8) is 0 Å². The van der Waals surface area contributed by atoms with Gasteiger partial charge in [0.2, 0.25) is 22.3 Å². The van der Waals surface area contributed by atoms with Gasteiger partial charge in [-0.05, 0) is 113 Å². The van der Waals surface area contributed by atoms with Crippen molar-refractivity contribution >= 4 is 72.6 Å². The van der Waals surface area contributed by atoms with Crippen molar-refractivity contribution in [1.29, 1.82) is 0 Å². The molecule has 2 aromatic carbocycles. The van der Waals surface area contributed by atoms with E-state index in [2.05, 4.69) is 0 Å². The van der Waals surface area contributed by atoms with Crippen LogP contribution in [0.1, 0.15) is 113 Å². The number of carbonyl (C=O) groups excluding carboxylic acids is 7. The van der Waals surface area contributed by atoms with Gasteiger partial charge in [0.25, 0.3) is 21.9 Å². The second kappa shape index (κ2) is 30.6. The first kappa shape index (κ1) is 68.5. The van der Waals surface area contributed by atoms with Crippen molar-refractivity contribution in [3.05, 3.63) is 59.7 Å². The summed E-state index contributed by atoms with van der Waals surface area (Å²) in [5.74, 6) is -6.03. The van der Waals surface area contributed by atoms with Crippen LogP contribution in [0.5, 0.6) is 0 Å². The smallest absolute Gasteiger partial charge is 0.329 e. The summed E-state index contributed by atoms with van der Waals surface area (Å²) in [5, 5.41) is 0. The normalized spacial score (nSPS) is 24.6. The summed E-state index contributed by atoms with van der Waals surface area (Å²) in [4.78, 5) is 109. The maximum Gasteiger partial charge on any atom is 0.329 e. The number of ether oxygens (including phenoxy) is 4. The zero-order chi connectivity index (χ0) is 61.7. The molecule has 8 unspecified atom stereocenters. The highest BCUT2D eigenvalue weighted by Gasteiger charge is 2.43. The van der Waals surface area contributed by atoms with E-state index >= 15 is 4.79 Å². The molecule has 2 heterocycles. The molecule has 82 heavy (non-hydrogen) atoms. The zero-order valence-electron chi connectivity index (χ0n) is 50.4. The van der Waals surface area contributed by atoms with Gasteiger partial charge >= 0.3 is 23.9 Å². The molecule has 8 atom stereocenters. The average Bonchev–Trinajstić information content (AvgIpc) is 3.52. The number of hydrogen-bond acceptors (Lipinski definition) is 18. The van der Waals surface area contributed by atoms with E-state index in [1.54, 1.807) is 54.8 Å². The Balaban J connectivity index is 1.88. The molecule has 2 aromatic rings. The van der Waals surface area contributed by atoms with Crippen molar-refractivity contribution in [2.75, 3.05) is 72.4 Å². The van der Waals surface area contributed by atoms with Crippen LogP contribution in [0.2, 0.25) is 0 Å².